The van der Waals surface area contributed by atoms with Crippen LogP contribution in [0.25, 0.3) is 5.70 Å². The van der Waals surface area contributed by atoms with Gasteiger partial charge in [0.2, 0.25) is 5.91 Å². The molecule has 2 amide bonds. The number of hydrogen-bond acceptors (Lipinski definition) is 4. The maximum atomic E-state index is 12.9. The van der Waals surface area contributed by atoms with Gasteiger partial charge < -0.3 is 4.90 Å². The van der Waals surface area contributed by atoms with Crippen LogP contribution in [-0.2, 0) is 22.6 Å². The van der Waals surface area contributed by atoms with Crippen molar-refractivity contribution < 1.29 is 9.59 Å². The van der Waals surface area contributed by atoms with Gasteiger partial charge in [-0.1, -0.05) is 78.9 Å². The van der Waals surface area contributed by atoms with Crippen molar-refractivity contribution in [3.63, 3.8) is 0 Å². The summed E-state index contributed by atoms with van der Waals surface area (Å²) >= 11 is 0. The molecule has 166 valence electrons. The van der Waals surface area contributed by atoms with E-state index in [0.29, 0.717) is 12.1 Å². The van der Waals surface area contributed by atoms with Crippen LogP contribution >= 0.6 is 0 Å². The molecular formula is C27H26N4O2. The van der Waals surface area contributed by atoms with Gasteiger partial charge in [0.1, 0.15) is 0 Å². The fourth-order valence-electron chi connectivity index (χ4n) is 4.49. The fraction of sp³-hybridized carbons (Fsp3) is 0.259. The number of piperazine rings is 1. The number of hydrogen-bond donors (Lipinski definition) is 0. The number of amides is 2. The molecule has 6 heteroatoms. The number of nitrogens with zero attached hydrogens (tertiary/aromatic N) is 4. The third-order valence-electron chi connectivity index (χ3n) is 6.37. The Morgan fingerprint density at radius 3 is 2.39 bits per heavy atom. The van der Waals surface area contributed by atoms with E-state index >= 15 is 0 Å². The molecule has 5 rings (SSSR count). The molecule has 0 radical (unpaired) electrons. The highest BCUT2D eigenvalue weighted by Crippen LogP contribution is 2.34. The third-order valence-corrected chi connectivity index (χ3v) is 6.37. The molecule has 0 aromatic heterocycles. The Bertz CT molecular complexity index is 1150. The Hall–Kier alpha value is -3.64. The summed E-state index contributed by atoms with van der Waals surface area (Å²) in [4.78, 5) is 29.2. The smallest absolute Gasteiger partial charge is 0.276 e. The van der Waals surface area contributed by atoms with Gasteiger partial charge in [-0.3, -0.25) is 14.5 Å². The van der Waals surface area contributed by atoms with E-state index in [2.05, 4.69) is 39.4 Å². The van der Waals surface area contributed by atoms with Crippen molar-refractivity contribution >= 4 is 17.5 Å². The second kappa shape index (κ2) is 9.46. The molecular weight excluding hydrogens is 412 g/mol. The lowest BCUT2D eigenvalue weighted by Crippen LogP contribution is -2.48. The molecule has 2 aromatic carbocycles. The van der Waals surface area contributed by atoms with E-state index in [1.54, 1.807) is 0 Å². The first-order chi connectivity index (χ1) is 16.2. The molecule has 6 nitrogen and oxygen atoms in total. The normalized spacial score (nSPS) is 20.3. The highest BCUT2D eigenvalue weighted by Gasteiger charge is 2.28. The molecule has 1 atom stereocenters. The van der Waals surface area contributed by atoms with Crippen LogP contribution in [-0.4, -0.2) is 47.8 Å². The first-order valence-electron chi connectivity index (χ1n) is 11.4. The molecule has 1 unspecified atom stereocenters. The van der Waals surface area contributed by atoms with E-state index in [1.165, 1.54) is 5.56 Å². The predicted octanol–water partition coefficient (Wildman–Crippen LogP) is 4.02. The zero-order chi connectivity index (χ0) is 22.6. The minimum Gasteiger partial charge on any atom is -0.340 e. The molecule has 0 bridgehead atoms. The van der Waals surface area contributed by atoms with E-state index < -0.39 is 0 Å². The first kappa shape index (κ1) is 21.2. The Kier molecular flexibility index (Phi) is 6.09. The molecule has 33 heavy (non-hydrogen) atoms. The summed E-state index contributed by atoms with van der Waals surface area (Å²) in [6.45, 7) is 4.23. The zero-order valence-electron chi connectivity index (χ0n) is 18.4. The number of carbonyl (C=O) groups is 2. The summed E-state index contributed by atoms with van der Waals surface area (Å²) in [6, 6.07) is 18.3. The Morgan fingerprint density at radius 2 is 1.64 bits per heavy atom. The summed E-state index contributed by atoms with van der Waals surface area (Å²) in [5.41, 5.74) is 4.76. The molecule has 3 aliphatic rings. The molecule has 2 aromatic rings. The monoisotopic (exact) mass is 438 g/mol. The van der Waals surface area contributed by atoms with Gasteiger partial charge in [-0.2, -0.15) is 0 Å². The highest BCUT2D eigenvalue weighted by molar-refractivity contribution is 5.91. The minimum atomic E-state index is -0.357. The fourth-order valence-corrected chi connectivity index (χ4v) is 4.49. The van der Waals surface area contributed by atoms with Crippen molar-refractivity contribution in [1.82, 2.24) is 9.80 Å². The molecule has 0 N–H and O–H groups in total. The van der Waals surface area contributed by atoms with E-state index in [9.17, 15) is 9.59 Å². The molecule has 0 spiro atoms. The van der Waals surface area contributed by atoms with E-state index in [0.717, 1.165) is 49.4 Å². The van der Waals surface area contributed by atoms with Gasteiger partial charge in [-0.25, -0.2) is 0 Å². The van der Waals surface area contributed by atoms with Crippen LogP contribution in [0.1, 0.15) is 16.7 Å². The van der Waals surface area contributed by atoms with Gasteiger partial charge >= 0.3 is 0 Å². The van der Waals surface area contributed by atoms with Gasteiger partial charge in [0.05, 0.1) is 18.0 Å². The van der Waals surface area contributed by atoms with Crippen LogP contribution in [0.3, 0.4) is 0 Å². The van der Waals surface area contributed by atoms with Gasteiger partial charge in [0.15, 0.2) is 0 Å². The molecule has 2 heterocycles. The SMILES string of the molecule is O=C1N=NC(c2ccc(CC(=O)N3CCN(Cc4ccccc4)CC3)cc2)=C2C=CC=CC12. The number of fused-ring (bicyclic) bond motifs is 1. The van der Waals surface area contributed by atoms with Crippen LogP contribution in [0.4, 0.5) is 0 Å². The number of rotatable bonds is 5. The van der Waals surface area contributed by atoms with Crippen LogP contribution in [0.5, 0.6) is 0 Å². The number of benzene rings is 2. The average Bonchev–Trinajstić information content (AvgIpc) is 2.86. The zero-order valence-corrected chi connectivity index (χ0v) is 18.4. The highest BCUT2D eigenvalue weighted by atomic mass is 16.2. The first-order valence-corrected chi connectivity index (χ1v) is 11.4. The van der Waals surface area contributed by atoms with Crippen molar-refractivity contribution in [2.45, 2.75) is 13.0 Å². The molecule has 1 aliphatic carbocycles. The third kappa shape index (κ3) is 4.76. The summed E-state index contributed by atoms with van der Waals surface area (Å²) in [6.07, 6.45) is 7.93. The largest absolute Gasteiger partial charge is 0.340 e. The standard InChI is InChI=1S/C27H26N4O2/c32-25(31-16-14-30(15-17-31)19-21-6-2-1-3-7-21)18-20-10-12-22(13-11-20)26-23-8-4-5-9-24(23)27(33)29-28-26/h1-13,24H,14-19H2. The molecule has 0 saturated carbocycles. The second-order valence-electron chi connectivity index (χ2n) is 8.58. The van der Waals surface area contributed by atoms with E-state index in [1.807, 2.05) is 59.5 Å². The van der Waals surface area contributed by atoms with Crippen molar-refractivity contribution in [3.8, 4) is 0 Å². The lowest BCUT2D eigenvalue weighted by Gasteiger charge is -2.34. The summed E-state index contributed by atoms with van der Waals surface area (Å²) in [7, 11) is 0. The Labute approximate surface area is 193 Å². The van der Waals surface area contributed by atoms with Gasteiger partial charge in [-0.15, -0.1) is 10.2 Å². The maximum Gasteiger partial charge on any atom is 0.276 e. The van der Waals surface area contributed by atoms with Crippen LogP contribution in [0, 0.1) is 5.92 Å². The number of allylic oxidation sites excluding steroid dienone is 3. The van der Waals surface area contributed by atoms with Gasteiger partial charge in [-0.05, 0) is 16.7 Å². The van der Waals surface area contributed by atoms with Crippen molar-refractivity contribution in [2.24, 2.45) is 16.1 Å². The van der Waals surface area contributed by atoms with Gasteiger partial charge in [0, 0.05) is 38.3 Å². The topological polar surface area (TPSA) is 65.3 Å². The van der Waals surface area contributed by atoms with Crippen LogP contribution in [0.2, 0.25) is 0 Å². The lowest BCUT2D eigenvalue weighted by atomic mass is 9.89. The lowest BCUT2D eigenvalue weighted by molar-refractivity contribution is -0.132. The van der Waals surface area contributed by atoms with Crippen molar-refractivity contribution in [1.29, 1.82) is 0 Å². The number of azo groups is 1. The summed E-state index contributed by atoms with van der Waals surface area (Å²) in [5, 5.41) is 7.97. The van der Waals surface area contributed by atoms with Gasteiger partial charge in [0.25, 0.3) is 5.91 Å². The Morgan fingerprint density at radius 1 is 0.879 bits per heavy atom. The Balaban J connectivity index is 1.19. The van der Waals surface area contributed by atoms with E-state index in [-0.39, 0.29) is 17.7 Å². The molecule has 1 saturated heterocycles. The second-order valence-corrected chi connectivity index (χ2v) is 8.58. The molecule has 2 aliphatic heterocycles. The quantitative estimate of drug-likeness (QED) is 0.708. The summed E-state index contributed by atoms with van der Waals surface area (Å²) in [5.74, 6) is -0.433. The predicted molar refractivity (Wildman–Crippen MR) is 127 cm³/mol. The van der Waals surface area contributed by atoms with Crippen LogP contribution in [0.15, 0.2) is 94.7 Å². The van der Waals surface area contributed by atoms with Crippen molar-refractivity contribution in [3.05, 3.63) is 101 Å². The van der Waals surface area contributed by atoms with Crippen LogP contribution < -0.4 is 0 Å². The number of carbonyl (C=O) groups excluding carboxylic acids is 2. The van der Waals surface area contributed by atoms with Crippen molar-refractivity contribution in [2.75, 3.05) is 26.2 Å². The summed E-state index contributed by atoms with van der Waals surface area (Å²) < 4.78 is 0. The van der Waals surface area contributed by atoms with E-state index in [4.69, 9.17) is 0 Å². The minimum absolute atomic E-state index is 0.160. The average molecular weight is 439 g/mol. The maximum absolute atomic E-state index is 12.9. The molecule has 1 fully saturated rings.